The van der Waals surface area contributed by atoms with E-state index in [9.17, 15) is 9.59 Å². The molecule has 0 saturated heterocycles. The topological polar surface area (TPSA) is 89.6 Å². The Morgan fingerprint density at radius 2 is 1.88 bits per heavy atom. The second-order valence-corrected chi connectivity index (χ2v) is 3.12. The van der Waals surface area contributed by atoms with Gasteiger partial charge in [0.2, 0.25) is 0 Å². The van der Waals surface area contributed by atoms with E-state index >= 15 is 0 Å². The van der Waals surface area contributed by atoms with Gasteiger partial charge < -0.3 is 15.6 Å². The lowest BCUT2D eigenvalue weighted by Gasteiger charge is -2.01. The van der Waals surface area contributed by atoms with Gasteiger partial charge in [-0.2, -0.15) is 0 Å². The van der Waals surface area contributed by atoms with Gasteiger partial charge in [-0.05, 0) is 31.2 Å². The van der Waals surface area contributed by atoms with Gasteiger partial charge in [-0.1, -0.05) is 0 Å². The van der Waals surface area contributed by atoms with Gasteiger partial charge in [0.15, 0.2) is 0 Å². The first-order valence-corrected chi connectivity index (χ1v) is 4.48. The first-order chi connectivity index (χ1) is 7.49. The number of benzene rings is 1. The number of esters is 1. The molecule has 0 aromatic heterocycles. The third-order valence-corrected chi connectivity index (χ3v) is 1.77. The van der Waals surface area contributed by atoms with Crippen LogP contribution in [0.2, 0.25) is 0 Å². The third-order valence-electron chi connectivity index (χ3n) is 1.77. The normalized spacial score (nSPS) is 10.9. The summed E-state index contributed by atoms with van der Waals surface area (Å²) in [4.78, 5) is 21.7. The van der Waals surface area contributed by atoms with Crippen LogP contribution in [0.25, 0.3) is 0 Å². The zero-order chi connectivity index (χ0) is 12.1. The zero-order valence-corrected chi connectivity index (χ0v) is 8.64. The van der Waals surface area contributed by atoms with Crippen LogP contribution in [0.3, 0.4) is 0 Å². The molecule has 3 N–H and O–H groups in total. The average Bonchev–Trinajstić information content (AvgIpc) is 2.21. The average molecular weight is 221 g/mol. The predicted octanol–water partition coefficient (Wildman–Crippen LogP) is 1.21. The summed E-state index contributed by atoms with van der Waals surface area (Å²) in [5.41, 5.74) is 5.92. The van der Waals surface area contributed by atoms with Gasteiger partial charge in [0.1, 0.15) is 5.75 Å². The molecule has 0 fully saturated rings. The summed E-state index contributed by atoms with van der Waals surface area (Å²) in [6, 6.07) is 6.21. The van der Waals surface area contributed by atoms with Gasteiger partial charge in [-0.25, -0.2) is 9.59 Å². The van der Waals surface area contributed by atoms with Crippen molar-refractivity contribution in [1.29, 1.82) is 0 Å². The number of rotatable bonds is 3. The van der Waals surface area contributed by atoms with Crippen LogP contribution in [0.4, 0.5) is 5.69 Å². The number of ether oxygens (including phenoxy) is 1. The monoisotopic (exact) mass is 221 g/mol. The molecule has 84 valence electrons. The summed E-state index contributed by atoms with van der Waals surface area (Å²) < 4.78 is 4.86. The molecule has 0 aliphatic rings. The first kappa shape index (κ1) is 11.8. The highest BCUT2D eigenvalue weighted by atomic mass is 16.5. The summed E-state index contributed by atoms with van der Waals surface area (Å²) in [5.74, 6) is -1.58. The lowest BCUT2D eigenvalue weighted by Crippen LogP contribution is -2.07. The molecule has 0 amide bonds. The molecule has 0 aliphatic carbocycles. The van der Waals surface area contributed by atoms with Gasteiger partial charge in [-0.3, -0.25) is 0 Å². The standard InChI is InChI=1S/C11H11NO4/c1-7(11(14)15)6-10(13)16-9-4-2-8(12)3-5-9/h2-6H,12H2,1H3,(H,14,15)/b7-6+. The Hall–Kier alpha value is -2.30. The summed E-state index contributed by atoms with van der Waals surface area (Å²) in [6.07, 6.45) is 0.915. The summed E-state index contributed by atoms with van der Waals surface area (Å²) in [6.45, 7) is 1.31. The van der Waals surface area contributed by atoms with E-state index in [1.807, 2.05) is 0 Å². The van der Waals surface area contributed by atoms with E-state index in [0.29, 0.717) is 11.4 Å². The van der Waals surface area contributed by atoms with Crippen molar-refractivity contribution in [2.24, 2.45) is 0 Å². The van der Waals surface area contributed by atoms with Crippen LogP contribution in [0.1, 0.15) is 6.92 Å². The van der Waals surface area contributed by atoms with Crippen LogP contribution in [0.15, 0.2) is 35.9 Å². The molecule has 1 aromatic rings. The highest BCUT2D eigenvalue weighted by Gasteiger charge is 2.06. The van der Waals surface area contributed by atoms with Crippen molar-refractivity contribution in [3.8, 4) is 5.75 Å². The molecular weight excluding hydrogens is 210 g/mol. The number of nitrogens with two attached hydrogens (primary N) is 1. The SMILES string of the molecule is C/C(=C\C(=O)Oc1ccc(N)cc1)C(=O)O. The minimum Gasteiger partial charge on any atom is -0.478 e. The van der Waals surface area contributed by atoms with E-state index in [1.165, 1.54) is 19.1 Å². The van der Waals surface area contributed by atoms with Crippen molar-refractivity contribution in [1.82, 2.24) is 0 Å². The van der Waals surface area contributed by atoms with Crippen molar-refractivity contribution in [3.05, 3.63) is 35.9 Å². The fraction of sp³-hybridized carbons (Fsp3) is 0.0909. The minimum absolute atomic E-state index is 0.0829. The molecule has 0 unspecified atom stereocenters. The van der Waals surface area contributed by atoms with Crippen LogP contribution < -0.4 is 10.5 Å². The number of carboxylic acids is 1. The van der Waals surface area contributed by atoms with Crippen molar-refractivity contribution < 1.29 is 19.4 Å². The quantitative estimate of drug-likeness (QED) is 0.346. The summed E-state index contributed by atoms with van der Waals surface area (Å²) in [7, 11) is 0. The maximum Gasteiger partial charge on any atom is 0.336 e. The number of carboxylic acid groups (broad SMARTS) is 1. The van der Waals surface area contributed by atoms with Crippen molar-refractivity contribution in [2.75, 3.05) is 5.73 Å². The molecule has 5 nitrogen and oxygen atoms in total. The molecule has 0 aliphatic heterocycles. The second kappa shape index (κ2) is 4.97. The maximum absolute atomic E-state index is 11.2. The van der Waals surface area contributed by atoms with E-state index in [4.69, 9.17) is 15.6 Å². The second-order valence-electron chi connectivity index (χ2n) is 3.12. The number of nitrogen functional groups attached to an aromatic ring is 1. The van der Waals surface area contributed by atoms with Crippen molar-refractivity contribution in [3.63, 3.8) is 0 Å². The van der Waals surface area contributed by atoms with Crippen LogP contribution in [-0.4, -0.2) is 17.0 Å². The Kier molecular flexibility index (Phi) is 3.66. The van der Waals surface area contributed by atoms with Crippen LogP contribution >= 0.6 is 0 Å². The fourth-order valence-corrected chi connectivity index (χ4v) is 0.920. The molecule has 1 aromatic carbocycles. The Bertz CT molecular complexity index is 434. The summed E-state index contributed by atoms with van der Waals surface area (Å²) in [5, 5.41) is 8.54. The highest BCUT2D eigenvalue weighted by Crippen LogP contribution is 2.13. The number of aliphatic carboxylic acids is 1. The van der Waals surface area contributed by atoms with E-state index in [0.717, 1.165) is 6.08 Å². The Morgan fingerprint density at radius 1 is 1.31 bits per heavy atom. The smallest absolute Gasteiger partial charge is 0.336 e. The number of carbonyl (C=O) groups is 2. The molecule has 0 radical (unpaired) electrons. The van der Waals surface area contributed by atoms with Gasteiger partial charge >= 0.3 is 11.9 Å². The molecule has 0 bridgehead atoms. The number of carbonyl (C=O) groups excluding carboxylic acids is 1. The molecular formula is C11H11NO4. The van der Waals surface area contributed by atoms with Crippen molar-refractivity contribution >= 4 is 17.6 Å². The fourth-order valence-electron chi connectivity index (χ4n) is 0.920. The Balaban J connectivity index is 2.68. The van der Waals surface area contributed by atoms with Crippen LogP contribution in [-0.2, 0) is 9.59 Å². The molecule has 1 rings (SSSR count). The molecule has 0 spiro atoms. The van der Waals surface area contributed by atoms with Gasteiger partial charge in [0, 0.05) is 17.3 Å². The highest BCUT2D eigenvalue weighted by molar-refractivity contribution is 5.95. The van der Waals surface area contributed by atoms with Gasteiger partial charge in [0.25, 0.3) is 0 Å². The zero-order valence-electron chi connectivity index (χ0n) is 8.64. The number of hydrogen-bond acceptors (Lipinski definition) is 4. The van der Waals surface area contributed by atoms with Crippen LogP contribution in [0, 0.1) is 0 Å². The van der Waals surface area contributed by atoms with Gasteiger partial charge in [0.05, 0.1) is 0 Å². The predicted molar refractivity (Wildman–Crippen MR) is 57.9 cm³/mol. The van der Waals surface area contributed by atoms with E-state index in [1.54, 1.807) is 12.1 Å². The summed E-state index contributed by atoms with van der Waals surface area (Å²) >= 11 is 0. The van der Waals surface area contributed by atoms with E-state index < -0.39 is 11.9 Å². The van der Waals surface area contributed by atoms with Gasteiger partial charge in [-0.15, -0.1) is 0 Å². The molecule has 16 heavy (non-hydrogen) atoms. The largest absolute Gasteiger partial charge is 0.478 e. The minimum atomic E-state index is -1.16. The third kappa shape index (κ3) is 3.45. The number of hydrogen-bond donors (Lipinski definition) is 2. The van der Waals surface area contributed by atoms with E-state index in [2.05, 4.69) is 0 Å². The first-order valence-electron chi connectivity index (χ1n) is 4.48. The lowest BCUT2D eigenvalue weighted by atomic mass is 10.3. The van der Waals surface area contributed by atoms with Crippen molar-refractivity contribution in [2.45, 2.75) is 6.92 Å². The molecule has 0 atom stereocenters. The van der Waals surface area contributed by atoms with Crippen LogP contribution in [0.5, 0.6) is 5.75 Å². The molecule has 5 heteroatoms. The maximum atomic E-state index is 11.2. The lowest BCUT2D eigenvalue weighted by molar-refractivity contribution is -0.134. The molecule has 0 heterocycles. The number of anilines is 1. The van der Waals surface area contributed by atoms with E-state index in [-0.39, 0.29) is 5.57 Å². The Morgan fingerprint density at radius 3 is 2.38 bits per heavy atom. The molecule has 0 saturated carbocycles. The Labute approximate surface area is 92.1 Å².